The van der Waals surface area contributed by atoms with Crippen molar-refractivity contribution < 1.29 is 33.7 Å². The Labute approximate surface area is 244 Å². The number of aliphatic hydroxyl groups excluding tert-OH is 1. The Balaban J connectivity index is 1.52. The van der Waals surface area contributed by atoms with E-state index in [0.29, 0.717) is 38.1 Å². The van der Waals surface area contributed by atoms with Gasteiger partial charge in [0.05, 0.1) is 17.9 Å². The second-order valence-corrected chi connectivity index (χ2v) is 13.3. The fourth-order valence-corrected chi connectivity index (χ4v) is 7.17. The van der Waals surface area contributed by atoms with Crippen LogP contribution in [0.25, 0.3) is 0 Å². The van der Waals surface area contributed by atoms with Gasteiger partial charge in [-0.05, 0) is 69.3 Å². The number of alkyl carbamates (subject to hydrolysis) is 1. The summed E-state index contributed by atoms with van der Waals surface area (Å²) in [4.78, 5) is 38.2. The standard InChI is InChI=1S/C33H49NO7/c1-6-33(4,5)31(37)40-27-16-21(3)30(41-32(38)34-19-22-10-8-7-9-11-22)26-14-12-20(2)25(29(26)27)15-13-24-17-23(35)18-28(36)39-24/h7-11,20-21,23-27,29-30,35H,6,12-19H2,1-5H3,(H,34,38)/t20-,21+,23+,24?,25-,26+,27?,29?,30+/m0/s1. The lowest BCUT2D eigenvalue weighted by Gasteiger charge is -2.53. The molecule has 2 aliphatic carbocycles. The van der Waals surface area contributed by atoms with Crippen molar-refractivity contribution in [1.82, 2.24) is 5.32 Å². The molecule has 1 aromatic rings. The lowest BCUT2D eigenvalue weighted by molar-refractivity contribution is -0.183. The molecule has 9 atom stereocenters. The maximum Gasteiger partial charge on any atom is 0.407 e. The van der Waals surface area contributed by atoms with Crippen molar-refractivity contribution in [2.75, 3.05) is 0 Å². The summed E-state index contributed by atoms with van der Waals surface area (Å²) in [6, 6.07) is 9.75. The largest absolute Gasteiger partial charge is 0.462 e. The minimum absolute atomic E-state index is 0.0303. The van der Waals surface area contributed by atoms with Crippen molar-refractivity contribution in [2.24, 2.45) is 35.0 Å². The number of ether oxygens (including phenoxy) is 3. The number of aliphatic hydroxyl groups is 1. The molecule has 2 N–H and O–H groups in total. The van der Waals surface area contributed by atoms with Gasteiger partial charge in [0.15, 0.2) is 0 Å². The van der Waals surface area contributed by atoms with E-state index in [0.717, 1.165) is 24.8 Å². The Hall–Kier alpha value is -2.61. The van der Waals surface area contributed by atoms with Gasteiger partial charge in [-0.15, -0.1) is 0 Å². The molecule has 1 aromatic carbocycles. The number of amides is 1. The Morgan fingerprint density at radius 2 is 1.78 bits per heavy atom. The zero-order valence-corrected chi connectivity index (χ0v) is 25.3. The van der Waals surface area contributed by atoms with Crippen molar-refractivity contribution in [3.63, 3.8) is 0 Å². The van der Waals surface area contributed by atoms with Crippen molar-refractivity contribution in [2.45, 2.75) is 117 Å². The van der Waals surface area contributed by atoms with Gasteiger partial charge in [-0.25, -0.2) is 4.79 Å². The highest BCUT2D eigenvalue weighted by atomic mass is 16.6. The first-order chi connectivity index (χ1) is 19.5. The highest BCUT2D eigenvalue weighted by molar-refractivity contribution is 5.76. The van der Waals surface area contributed by atoms with Crippen LogP contribution in [-0.4, -0.2) is 47.6 Å². The number of cyclic esters (lactones) is 1. The van der Waals surface area contributed by atoms with Gasteiger partial charge in [-0.3, -0.25) is 9.59 Å². The molecular weight excluding hydrogens is 522 g/mol. The van der Waals surface area contributed by atoms with Crippen LogP contribution in [0, 0.1) is 35.0 Å². The molecule has 8 nitrogen and oxygen atoms in total. The van der Waals surface area contributed by atoms with Crippen LogP contribution in [0.4, 0.5) is 4.79 Å². The monoisotopic (exact) mass is 571 g/mol. The summed E-state index contributed by atoms with van der Waals surface area (Å²) in [6.07, 6.45) is 3.19. The van der Waals surface area contributed by atoms with Gasteiger partial charge >= 0.3 is 18.0 Å². The first kappa shape index (κ1) is 31.3. The van der Waals surface area contributed by atoms with E-state index in [-0.39, 0.29) is 60.3 Å². The van der Waals surface area contributed by atoms with E-state index in [4.69, 9.17) is 14.2 Å². The number of fused-ring (bicyclic) bond motifs is 1. The van der Waals surface area contributed by atoms with Crippen LogP contribution >= 0.6 is 0 Å². The normalized spacial score (nSPS) is 33.7. The number of hydrogen-bond acceptors (Lipinski definition) is 7. The van der Waals surface area contributed by atoms with Gasteiger partial charge in [-0.2, -0.15) is 0 Å². The van der Waals surface area contributed by atoms with Gasteiger partial charge in [0.2, 0.25) is 0 Å². The minimum Gasteiger partial charge on any atom is -0.462 e. The number of carbonyl (C=O) groups excluding carboxylic acids is 3. The lowest BCUT2D eigenvalue weighted by Crippen LogP contribution is -2.55. The lowest BCUT2D eigenvalue weighted by atomic mass is 9.57. The second-order valence-electron chi connectivity index (χ2n) is 13.3. The maximum atomic E-state index is 13.3. The average molecular weight is 572 g/mol. The van der Waals surface area contributed by atoms with Crippen LogP contribution < -0.4 is 5.32 Å². The fourth-order valence-electron chi connectivity index (χ4n) is 7.17. The third-order valence-corrected chi connectivity index (χ3v) is 9.97. The molecule has 228 valence electrons. The van der Waals surface area contributed by atoms with E-state index in [2.05, 4.69) is 19.2 Å². The van der Waals surface area contributed by atoms with Gasteiger partial charge < -0.3 is 24.6 Å². The van der Waals surface area contributed by atoms with Crippen LogP contribution in [0.5, 0.6) is 0 Å². The van der Waals surface area contributed by atoms with E-state index in [1.807, 2.05) is 51.1 Å². The van der Waals surface area contributed by atoms with Crippen LogP contribution in [-0.2, 0) is 30.3 Å². The highest BCUT2D eigenvalue weighted by Gasteiger charge is 2.53. The van der Waals surface area contributed by atoms with Crippen molar-refractivity contribution in [3.8, 4) is 0 Å². The molecule has 1 aliphatic heterocycles. The molecule has 3 unspecified atom stereocenters. The molecule has 1 amide bonds. The number of hydrogen-bond donors (Lipinski definition) is 2. The summed E-state index contributed by atoms with van der Waals surface area (Å²) in [6.45, 7) is 10.6. The molecule has 1 heterocycles. The van der Waals surface area contributed by atoms with Gasteiger partial charge in [-0.1, -0.05) is 57.5 Å². The summed E-state index contributed by atoms with van der Waals surface area (Å²) in [5, 5.41) is 13.0. The molecule has 3 fully saturated rings. The minimum atomic E-state index is -0.662. The SMILES string of the molecule is CCC(C)(C)C(=O)OC1C[C@@H](C)[C@@H](OC(=O)NCc2ccccc2)[C@@H]2CC[C@H](C)[C@H](CCC3C[C@@H](O)CC(=O)O3)C12. The third-order valence-electron chi connectivity index (χ3n) is 9.97. The molecule has 0 spiro atoms. The summed E-state index contributed by atoms with van der Waals surface area (Å²) in [5.41, 5.74) is 0.427. The first-order valence-corrected chi connectivity index (χ1v) is 15.6. The zero-order chi connectivity index (χ0) is 29.7. The Kier molecular flexibility index (Phi) is 10.4. The Bertz CT molecular complexity index is 1040. The third kappa shape index (κ3) is 7.82. The first-order valence-electron chi connectivity index (χ1n) is 15.6. The van der Waals surface area contributed by atoms with Crippen molar-refractivity contribution in [3.05, 3.63) is 35.9 Å². The van der Waals surface area contributed by atoms with E-state index >= 15 is 0 Å². The molecule has 0 bridgehead atoms. The molecule has 0 radical (unpaired) electrons. The molecule has 8 heteroatoms. The summed E-state index contributed by atoms with van der Waals surface area (Å²) < 4.78 is 18.0. The van der Waals surface area contributed by atoms with Gasteiger partial charge in [0, 0.05) is 24.8 Å². The topological polar surface area (TPSA) is 111 Å². The van der Waals surface area contributed by atoms with Gasteiger partial charge in [0.1, 0.15) is 18.3 Å². The highest BCUT2D eigenvalue weighted by Crippen LogP contribution is 2.52. The molecule has 2 saturated carbocycles. The van der Waals surface area contributed by atoms with Crippen molar-refractivity contribution >= 4 is 18.0 Å². The van der Waals surface area contributed by atoms with E-state index in [1.165, 1.54) is 0 Å². The summed E-state index contributed by atoms with van der Waals surface area (Å²) >= 11 is 0. The molecule has 41 heavy (non-hydrogen) atoms. The Morgan fingerprint density at radius 1 is 1.05 bits per heavy atom. The predicted molar refractivity (Wildman–Crippen MR) is 155 cm³/mol. The molecule has 4 rings (SSSR count). The summed E-state index contributed by atoms with van der Waals surface area (Å²) in [5.74, 6) is 0.175. The summed E-state index contributed by atoms with van der Waals surface area (Å²) in [7, 11) is 0. The van der Waals surface area contributed by atoms with E-state index < -0.39 is 17.6 Å². The fraction of sp³-hybridized carbons (Fsp3) is 0.727. The number of benzene rings is 1. The maximum absolute atomic E-state index is 13.3. The number of rotatable bonds is 9. The van der Waals surface area contributed by atoms with Crippen LogP contribution in [0.3, 0.4) is 0 Å². The van der Waals surface area contributed by atoms with Crippen LogP contribution in [0.15, 0.2) is 30.3 Å². The molecule has 3 aliphatic rings. The molecule has 0 aromatic heterocycles. The van der Waals surface area contributed by atoms with E-state index in [1.54, 1.807) is 0 Å². The number of nitrogens with one attached hydrogen (secondary N) is 1. The van der Waals surface area contributed by atoms with Crippen LogP contribution in [0.2, 0.25) is 0 Å². The Morgan fingerprint density at radius 3 is 2.46 bits per heavy atom. The van der Waals surface area contributed by atoms with Gasteiger partial charge in [0.25, 0.3) is 0 Å². The van der Waals surface area contributed by atoms with Crippen LogP contribution in [0.1, 0.15) is 91.5 Å². The average Bonchev–Trinajstić information content (AvgIpc) is 2.93. The second kappa shape index (κ2) is 13.6. The number of esters is 2. The van der Waals surface area contributed by atoms with Crippen molar-refractivity contribution in [1.29, 1.82) is 0 Å². The molecule has 1 saturated heterocycles. The molecular formula is C33H49NO7. The number of carbonyl (C=O) groups is 3. The van der Waals surface area contributed by atoms with E-state index in [9.17, 15) is 19.5 Å². The zero-order valence-electron chi connectivity index (χ0n) is 25.3. The smallest absolute Gasteiger partial charge is 0.407 e. The quantitative estimate of drug-likeness (QED) is 0.285. The predicted octanol–water partition coefficient (Wildman–Crippen LogP) is 5.79.